The Kier molecular flexibility index (Phi) is 4.39. The van der Waals surface area contributed by atoms with Crippen molar-refractivity contribution in [3.05, 3.63) is 27.1 Å². The van der Waals surface area contributed by atoms with Gasteiger partial charge in [-0.2, -0.15) is 0 Å². The van der Waals surface area contributed by atoms with Crippen LogP contribution in [0.25, 0.3) is 5.78 Å². The first-order chi connectivity index (χ1) is 11.1. The average Bonchev–Trinajstić information content (AvgIpc) is 3.11. The highest BCUT2D eigenvalue weighted by atomic mass is 32.2. The lowest BCUT2D eigenvalue weighted by Crippen LogP contribution is -2.14. The molecule has 0 bridgehead atoms. The third kappa shape index (κ3) is 3.40. The molecule has 0 aliphatic heterocycles. The average molecular weight is 351 g/mol. The number of fused-ring (bicyclic) bond motifs is 1. The molecule has 0 saturated heterocycles. The molecule has 11 heteroatoms. The number of carbonyl (C=O) groups is 1. The largest absolute Gasteiger partial charge is 0.300 e. The van der Waals surface area contributed by atoms with Crippen molar-refractivity contribution in [3.63, 3.8) is 0 Å². The number of carbonyl (C=O) groups excluding carboxylic acids is 1. The predicted octanol–water partition coefficient (Wildman–Crippen LogP) is 0.871. The van der Waals surface area contributed by atoms with Crippen LogP contribution >= 0.6 is 23.1 Å². The minimum absolute atomic E-state index is 0.153. The lowest BCUT2D eigenvalue weighted by atomic mass is 10.4. The van der Waals surface area contributed by atoms with Crippen molar-refractivity contribution in [2.75, 3.05) is 11.1 Å². The fourth-order valence-corrected chi connectivity index (χ4v) is 3.38. The number of amides is 1. The maximum atomic E-state index is 12.0. The Labute approximate surface area is 138 Å². The van der Waals surface area contributed by atoms with E-state index in [1.165, 1.54) is 29.2 Å². The van der Waals surface area contributed by atoms with Gasteiger partial charge in [0, 0.05) is 11.8 Å². The van der Waals surface area contributed by atoms with Crippen molar-refractivity contribution in [1.82, 2.24) is 29.8 Å². The molecule has 0 atom stereocenters. The quantitative estimate of drug-likeness (QED) is 0.655. The van der Waals surface area contributed by atoms with E-state index in [-0.39, 0.29) is 17.2 Å². The fraction of sp³-hybridized carbons (Fsp3) is 0.333. The van der Waals surface area contributed by atoms with Crippen LogP contribution in [0.5, 0.6) is 0 Å². The van der Waals surface area contributed by atoms with Gasteiger partial charge in [0.1, 0.15) is 5.01 Å². The minimum Gasteiger partial charge on any atom is -0.300 e. The number of aryl methyl sites for hydroxylation is 2. The van der Waals surface area contributed by atoms with E-state index in [4.69, 9.17) is 0 Å². The van der Waals surface area contributed by atoms with E-state index in [0.29, 0.717) is 21.8 Å². The molecule has 3 aromatic rings. The highest BCUT2D eigenvalue weighted by molar-refractivity contribution is 7.99. The summed E-state index contributed by atoms with van der Waals surface area (Å²) < 4.78 is 1.69. The summed E-state index contributed by atoms with van der Waals surface area (Å²) in [6, 6.07) is 1.45. The standard InChI is InChI=1S/C12H13N7O2S2/c1-3-9-15-17-11(23-9)14-8(21)5-22-12-18-16-10-13-7(20)4-6(2)19(10)12/h4H,3,5H2,1-2H3,(H,13,16,20)(H,14,17,21). The van der Waals surface area contributed by atoms with E-state index in [0.717, 1.165) is 11.4 Å². The zero-order chi connectivity index (χ0) is 16.4. The maximum absolute atomic E-state index is 12.0. The Morgan fingerprint density at radius 2 is 2.22 bits per heavy atom. The van der Waals surface area contributed by atoms with Gasteiger partial charge in [-0.25, -0.2) is 0 Å². The molecule has 0 aliphatic rings. The lowest BCUT2D eigenvalue weighted by Gasteiger charge is -2.02. The summed E-state index contributed by atoms with van der Waals surface area (Å²) in [6.07, 6.45) is 0.783. The molecule has 0 aromatic carbocycles. The van der Waals surface area contributed by atoms with E-state index < -0.39 is 0 Å². The monoisotopic (exact) mass is 351 g/mol. The summed E-state index contributed by atoms with van der Waals surface area (Å²) >= 11 is 2.58. The summed E-state index contributed by atoms with van der Waals surface area (Å²) in [5.41, 5.74) is 0.466. The number of nitrogens with one attached hydrogen (secondary N) is 2. The summed E-state index contributed by atoms with van der Waals surface area (Å²) in [4.78, 5) is 26.0. The van der Waals surface area contributed by atoms with Gasteiger partial charge >= 0.3 is 0 Å². The van der Waals surface area contributed by atoms with Gasteiger partial charge in [0.25, 0.3) is 5.56 Å². The Morgan fingerprint density at radius 3 is 2.96 bits per heavy atom. The van der Waals surface area contributed by atoms with Crippen LogP contribution in [0.3, 0.4) is 0 Å². The zero-order valence-corrected chi connectivity index (χ0v) is 14.0. The van der Waals surface area contributed by atoms with Crippen molar-refractivity contribution in [3.8, 4) is 0 Å². The van der Waals surface area contributed by atoms with Crippen LogP contribution in [0.1, 0.15) is 17.6 Å². The van der Waals surface area contributed by atoms with Gasteiger partial charge in [-0.15, -0.1) is 20.4 Å². The number of rotatable bonds is 5. The summed E-state index contributed by atoms with van der Waals surface area (Å²) in [5, 5.41) is 20.3. The fourth-order valence-electron chi connectivity index (χ4n) is 1.90. The number of aromatic nitrogens is 6. The molecule has 0 radical (unpaired) electrons. The Balaban J connectivity index is 1.68. The van der Waals surface area contributed by atoms with Crippen LogP contribution in [0.2, 0.25) is 0 Å². The van der Waals surface area contributed by atoms with Gasteiger partial charge in [-0.05, 0) is 13.3 Å². The number of anilines is 1. The van der Waals surface area contributed by atoms with Crippen molar-refractivity contribution in [1.29, 1.82) is 0 Å². The molecule has 3 heterocycles. The molecule has 120 valence electrons. The minimum atomic E-state index is -0.236. The highest BCUT2D eigenvalue weighted by Gasteiger charge is 2.13. The first-order valence-electron chi connectivity index (χ1n) is 6.77. The van der Waals surface area contributed by atoms with Crippen molar-refractivity contribution in [2.24, 2.45) is 0 Å². The van der Waals surface area contributed by atoms with Crippen molar-refractivity contribution < 1.29 is 4.79 Å². The molecule has 0 fully saturated rings. The molecule has 2 N–H and O–H groups in total. The number of aromatic amines is 1. The number of hydrogen-bond donors (Lipinski definition) is 2. The van der Waals surface area contributed by atoms with Crippen LogP contribution in [-0.4, -0.2) is 41.4 Å². The summed E-state index contributed by atoms with van der Waals surface area (Å²) in [7, 11) is 0. The van der Waals surface area contributed by atoms with Gasteiger partial charge in [0.05, 0.1) is 5.75 Å². The van der Waals surface area contributed by atoms with E-state index in [2.05, 4.69) is 30.7 Å². The number of hydrogen-bond acceptors (Lipinski definition) is 8. The van der Waals surface area contributed by atoms with E-state index in [1.807, 2.05) is 6.92 Å². The van der Waals surface area contributed by atoms with Crippen LogP contribution in [0.15, 0.2) is 16.0 Å². The SMILES string of the molecule is CCc1nnc(NC(=O)CSc2nnc3[nH]c(=O)cc(C)n23)s1. The number of thioether (sulfide) groups is 1. The molecule has 9 nitrogen and oxygen atoms in total. The third-order valence-corrected chi connectivity index (χ3v) is 4.82. The number of nitrogens with zero attached hydrogens (tertiary/aromatic N) is 5. The van der Waals surface area contributed by atoms with Crippen LogP contribution in [-0.2, 0) is 11.2 Å². The molecular formula is C12H13N7O2S2. The van der Waals surface area contributed by atoms with E-state index in [9.17, 15) is 9.59 Å². The lowest BCUT2D eigenvalue weighted by molar-refractivity contribution is -0.113. The van der Waals surface area contributed by atoms with Gasteiger partial charge in [0.2, 0.25) is 16.8 Å². The Morgan fingerprint density at radius 1 is 1.39 bits per heavy atom. The zero-order valence-electron chi connectivity index (χ0n) is 12.4. The van der Waals surface area contributed by atoms with E-state index in [1.54, 1.807) is 11.3 Å². The first-order valence-corrected chi connectivity index (χ1v) is 8.57. The summed E-state index contributed by atoms with van der Waals surface area (Å²) in [5.74, 6) is 0.308. The molecule has 1 amide bonds. The molecular weight excluding hydrogens is 338 g/mol. The molecule has 0 saturated carbocycles. The smallest absolute Gasteiger partial charge is 0.252 e. The van der Waals surface area contributed by atoms with Gasteiger partial charge in [-0.1, -0.05) is 30.0 Å². The number of H-pyrrole nitrogens is 1. The maximum Gasteiger partial charge on any atom is 0.252 e. The Bertz CT molecular complexity index is 914. The molecule has 0 aliphatic carbocycles. The molecule has 3 aromatic heterocycles. The predicted molar refractivity (Wildman–Crippen MR) is 87.0 cm³/mol. The van der Waals surface area contributed by atoms with Crippen molar-refractivity contribution >= 4 is 39.9 Å². The van der Waals surface area contributed by atoms with Crippen LogP contribution in [0, 0.1) is 6.92 Å². The van der Waals surface area contributed by atoms with Gasteiger partial charge < -0.3 is 0 Å². The topological polar surface area (TPSA) is 118 Å². The summed E-state index contributed by atoms with van der Waals surface area (Å²) in [6.45, 7) is 3.76. The van der Waals surface area contributed by atoms with Crippen LogP contribution < -0.4 is 10.9 Å². The molecule has 0 unspecified atom stereocenters. The van der Waals surface area contributed by atoms with Crippen molar-refractivity contribution in [2.45, 2.75) is 25.4 Å². The second kappa shape index (κ2) is 6.46. The third-order valence-electron chi connectivity index (χ3n) is 2.91. The Hall–Kier alpha value is -2.27. The van der Waals surface area contributed by atoms with Gasteiger partial charge in [0.15, 0.2) is 5.16 Å². The molecule has 0 spiro atoms. The second-order valence-electron chi connectivity index (χ2n) is 4.61. The van der Waals surface area contributed by atoms with Crippen LogP contribution in [0.4, 0.5) is 5.13 Å². The second-order valence-corrected chi connectivity index (χ2v) is 6.61. The van der Waals surface area contributed by atoms with E-state index >= 15 is 0 Å². The molecule has 23 heavy (non-hydrogen) atoms. The highest BCUT2D eigenvalue weighted by Crippen LogP contribution is 2.19. The van der Waals surface area contributed by atoms with Gasteiger partial charge in [-0.3, -0.25) is 24.3 Å². The first kappa shape index (κ1) is 15.6. The molecule has 3 rings (SSSR count). The normalized spacial score (nSPS) is 11.0.